The molecule has 0 spiro atoms. The van der Waals surface area contributed by atoms with Gasteiger partial charge < -0.3 is 19.4 Å². The van der Waals surface area contributed by atoms with Crippen molar-refractivity contribution in [1.82, 2.24) is 14.3 Å². The number of urea groups is 1. The number of piperidine rings is 1. The van der Waals surface area contributed by atoms with Gasteiger partial charge in [-0.15, -0.1) is 0 Å². The zero-order chi connectivity index (χ0) is 22.8. The average Bonchev–Trinajstić information content (AvgIpc) is 3.25. The van der Waals surface area contributed by atoms with Gasteiger partial charge in [-0.3, -0.25) is 0 Å². The van der Waals surface area contributed by atoms with Crippen LogP contribution in [0.5, 0.6) is 5.75 Å². The van der Waals surface area contributed by atoms with Gasteiger partial charge in [0.2, 0.25) is 0 Å². The Hall–Kier alpha value is -3.87. The molecular formula is C26H25FN4O2. The number of rotatable bonds is 4. The van der Waals surface area contributed by atoms with E-state index in [9.17, 15) is 9.18 Å². The number of fused-ring (bicyclic) bond motifs is 1. The number of hydrogen-bond acceptors (Lipinski definition) is 3. The number of methoxy groups -OCH3 is 1. The summed E-state index contributed by atoms with van der Waals surface area (Å²) in [6.45, 7) is 1.15. The summed E-state index contributed by atoms with van der Waals surface area (Å²) < 4.78 is 21.5. The van der Waals surface area contributed by atoms with Crippen molar-refractivity contribution < 1.29 is 13.9 Å². The fourth-order valence-corrected chi connectivity index (χ4v) is 4.46. The van der Waals surface area contributed by atoms with Crippen molar-refractivity contribution in [3.05, 3.63) is 84.6 Å². The number of benzene rings is 2. The minimum Gasteiger partial charge on any atom is -0.497 e. The van der Waals surface area contributed by atoms with Crippen LogP contribution >= 0.6 is 0 Å². The molecule has 1 fully saturated rings. The topological polar surface area (TPSA) is 58.9 Å². The second-order valence-electron chi connectivity index (χ2n) is 8.20. The first-order valence-corrected chi connectivity index (χ1v) is 11.1. The number of nitrogens with one attached hydrogen (secondary N) is 1. The lowest BCUT2D eigenvalue weighted by atomic mass is 9.97. The van der Waals surface area contributed by atoms with E-state index in [4.69, 9.17) is 9.72 Å². The molecule has 2 aromatic carbocycles. The summed E-state index contributed by atoms with van der Waals surface area (Å²) in [4.78, 5) is 19.6. The van der Waals surface area contributed by atoms with Crippen molar-refractivity contribution in [2.75, 3.05) is 25.5 Å². The molecule has 33 heavy (non-hydrogen) atoms. The van der Waals surface area contributed by atoms with Crippen LogP contribution in [0.15, 0.2) is 72.9 Å². The number of ether oxygens (including phenoxy) is 1. The number of para-hydroxylation sites is 1. The summed E-state index contributed by atoms with van der Waals surface area (Å²) in [6, 6.07) is 19.8. The molecule has 4 aromatic rings. The Morgan fingerprint density at radius 3 is 2.82 bits per heavy atom. The second-order valence-corrected chi connectivity index (χ2v) is 8.20. The summed E-state index contributed by atoms with van der Waals surface area (Å²) in [7, 11) is 1.65. The maximum Gasteiger partial charge on any atom is 0.321 e. The Kier molecular flexibility index (Phi) is 5.69. The Morgan fingerprint density at radius 1 is 1.12 bits per heavy atom. The zero-order valence-electron chi connectivity index (χ0n) is 18.4. The number of carbonyl (C=O) groups excluding carboxylic acids is 1. The molecule has 7 heteroatoms. The standard InChI is InChI=1S/C26H25FN4O2/c1-33-20-10-6-8-18(16-20)24-23-13-4-5-15-31(23)25(29-24)19-9-7-14-30(17-19)26(32)28-22-12-3-2-11-21(22)27/h2-6,8,10-13,15-16,19H,7,9,14,17H2,1H3,(H,28,32)/t19-/m1/s1. The highest BCUT2D eigenvalue weighted by molar-refractivity contribution is 5.89. The van der Waals surface area contributed by atoms with Crippen LogP contribution in [-0.2, 0) is 0 Å². The molecule has 2 amide bonds. The molecule has 1 aliphatic heterocycles. The Bertz CT molecular complexity index is 1300. The number of pyridine rings is 1. The van der Waals surface area contributed by atoms with Crippen LogP contribution in [-0.4, -0.2) is 40.5 Å². The van der Waals surface area contributed by atoms with Crippen molar-refractivity contribution in [1.29, 1.82) is 0 Å². The lowest BCUT2D eigenvalue weighted by Gasteiger charge is -2.32. The predicted octanol–water partition coefficient (Wildman–Crippen LogP) is 5.56. The molecule has 0 bridgehead atoms. The van der Waals surface area contributed by atoms with Crippen LogP contribution in [0.4, 0.5) is 14.9 Å². The summed E-state index contributed by atoms with van der Waals surface area (Å²) >= 11 is 0. The van der Waals surface area contributed by atoms with Crippen molar-refractivity contribution in [2.45, 2.75) is 18.8 Å². The molecule has 3 heterocycles. The molecule has 168 valence electrons. The molecule has 1 aliphatic rings. The Morgan fingerprint density at radius 2 is 1.97 bits per heavy atom. The molecule has 1 atom stereocenters. The highest BCUT2D eigenvalue weighted by Gasteiger charge is 2.29. The highest BCUT2D eigenvalue weighted by Crippen LogP contribution is 2.33. The van der Waals surface area contributed by atoms with E-state index in [0.29, 0.717) is 13.1 Å². The van der Waals surface area contributed by atoms with Crippen molar-refractivity contribution in [2.24, 2.45) is 0 Å². The molecule has 0 unspecified atom stereocenters. The number of amides is 2. The van der Waals surface area contributed by atoms with Crippen LogP contribution in [0.3, 0.4) is 0 Å². The number of hydrogen-bond donors (Lipinski definition) is 1. The SMILES string of the molecule is COc1cccc(-c2nc([C@@H]3CCCN(C(=O)Nc4ccccc4F)C3)n3ccccc23)c1. The van der Waals surface area contributed by atoms with Gasteiger partial charge in [-0.2, -0.15) is 0 Å². The van der Waals surface area contributed by atoms with Gasteiger partial charge in [0.1, 0.15) is 17.4 Å². The molecule has 1 N–H and O–H groups in total. The molecule has 6 nitrogen and oxygen atoms in total. The first kappa shape index (κ1) is 21.0. The predicted molar refractivity (Wildman–Crippen MR) is 126 cm³/mol. The van der Waals surface area contributed by atoms with Crippen LogP contribution in [0.1, 0.15) is 24.6 Å². The summed E-state index contributed by atoms with van der Waals surface area (Å²) in [5.74, 6) is 1.33. The molecule has 1 saturated heterocycles. The third kappa shape index (κ3) is 4.14. The maximum absolute atomic E-state index is 14.0. The van der Waals surface area contributed by atoms with Gasteiger partial charge in [-0.05, 0) is 49.2 Å². The van der Waals surface area contributed by atoms with Gasteiger partial charge in [-0.25, -0.2) is 14.2 Å². The minimum atomic E-state index is -0.443. The summed E-state index contributed by atoms with van der Waals surface area (Å²) in [5.41, 5.74) is 3.07. The monoisotopic (exact) mass is 444 g/mol. The minimum absolute atomic E-state index is 0.0689. The van der Waals surface area contributed by atoms with Crippen molar-refractivity contribution in [3.63, 3.8) is 0 Å². The molecule has 5 rings (SSSR count). The fraction of sp³-hybridized carbons (Fsp3) is 0.231. The molecular weight excluding hydrogens is 419 g/mol. The van der Waals surface area contributed by atoms with E-state index in [1.165, 1.54) is 6.07 Å². The fourth-order valence-electron chi connectivity index (χ4n) is 4.46. The number of anilines is 1. The number of nitrogens with zero attached hydrogens (tertiary/aromatic N) is 3. The van der Waals surface area contributed by atoms with Gasteiger partial charge in [0.15, 0.2) is 0 Å². The molecule has 2 aromatic heterocycles. The lowest BCUT2D eigenvalue weighted by Crippen LogP contribution is -2.42. The van der Waals surface area contributed by atoms with Crippen molar-refractivity contribution >= 4 is 17.2 Å². The van der Waals surface area contributed by atoms with E-state index in [2.05, 4.69) is 15.8 Å². The lowest BCUT2D eigenvalue weighted by molar-refractivity contribution is 0.191. The molecule has 0 radical (unpaired) electrons. The molecule has 0 aliphatic carbocycles. The highest BCUT2D eigenvalue weighted by atomic mass is 19.1. The number of imidazole rings is 1. The summed E-state index contributed by atoms with van der Waals surface area (Å²) in [5, 5.41) is 2.70. The smallest absolute Gasteiger partial charge is 0.321 e. The van der Waals surface area contributed by atoms with Crippen LogP contribution < -0.4 is 10.1 Å². The summed E-state index contributed by atoms with van der Waals surface area (Å²) in [6.07, 6.45) is 3.79. The van der Waals surface area contributed by atoms with Crippen LogP contribution in [0.25, 0.3) is 16.8 Å². The average molecular weight is 445 g/mol. The zero-order valence-corrected chi connectivity index (χ0v) is 18.4. The van der Waals surface area contributed by atoms with Gasteiger partial charge in [0.25, 0.3) is 0 Å². The first-order valence-electron chi connectivity index (χ1n) is 11.1. The maximum atomic E-state index is 14.0. The number of aromatic nitrogens is 2. The Labute approximate surface area is 191 Å². The quantitative estimate of drug-likeness (QED) is 0.448. The van der Waals surface area contributed by atoms with Crippen molar-refractivity contribution in [3.8, 4) is 17.0 Å². The first-order chi connectivity index (χ1) is 16.1. The molecule has 0 saturated carbocycles. The third-order valence-electron chi connectivity index (χ3n) is 6.11. The van der Waals surface area contributed by atoms with E-state index in [1.807, 2.05) is 42.6 Å². The van der Waals surface area contributed by atoms with Crippen LogP contribution in [0.2, 0.25) is 0 Å². The van der Waals surface area contributed by atoms with Gasteiger partial charge in [0.05, 0.1) is 24.0 Å². The number of halogens is 1. The van der Waals surface area contributed by atoms with E-state index in [-0.39, 0.29) is 17.6 Å². The Balaban J connectivity index is 1.44. The van der Waals surface area contributed by atoms with Gasteiger partial charge in [-0.1, -0.05) is 30.3 Å². The van der Waals surface area contributed by atoms with E-state index in [1.54, 1.807) is 30.2 Å². The number of likely N-dealkylation sites (tertiary alicyclic amines) is 1. The van der Waals surface area contributed by atoms with E-state index >= 15 is 0 Å². The van der Waals surface area contributed by atoms with Gasteiger partial charge in [0, 0.05) is 30.8 Å². The van der Waals surface area contributed by atoms with Crippen LogP contribution in [0, 0.1) is 5.82 Å². The second kappa shape index (κ2) is 8.94. The normalized spacial score (nSPS) is 16.1. The number of carbonyl (C=O) groups is 1. The largest absolute Gasteiger partial charge is 0.497 e. The van der Waals surface area contributed by atoms with E-state index < -0.39 is 5.82 Å². The van der Waals surface area contributed by atoms with Gasteiger partial charge >= 0.3 is 6.03 Å². The van der Waals surface area contributed by atoms with E-state index in [0.717, 1.165) is 41.2 Å². The third-order valence-corrected chi connectivity index (χ3v) is 6.11.